The largest absolute Gasteiger partial charge is 0.372 e. The second kappa shape index (κ2) is 10.6. The molecule has 0 radical (unpaired) electrons. The molecule has 5 rings (SSSR count). The van der Waals surface area contributed by atoms with Crippen molar-refractivity contribution in [3.63, 3.8) is 0 Å². The molecule has 3 aromatic rings. The van der Waals surface area contributed by atoms with Crippen molar-refractivity contribution in [1.82, 2.24) is 30.2 Å². The number of carbonyl (C=O) groups is 1. The van der Waals surface area contributed by atoms with Gasteiger partial charge in [-0.05, 0) is 57.5 Å². The number of hydrogen-bond donors (Lipinski definition) is 4. The Balaban J connectivity index is 0.000000821. The first-order valence-electron chi connectivity index (χ1n) is 11.5. The quantitative estimate of drug-likeness (QED) is 0.441. The number of pyridine rings is 1. The number of nitrogens with zero attached hydrogens (tertiary/aromatic N) is 5. The first-order valence-corrected chi connectivity index (χ1v) is 11.5. The van der Waals surface area contributed by atoms with Crippen molar-refractivity contribution in [1.29, 1.82) is 0 Å². The number of carbonyl (C=O) groups excluding carboxylic acids is 1. The maximum Gasteiger partial charge on any atom is 0.230 e. The van der Waals surface area contributed by atoms with Crippen molar-refractivity contribution >= 4 is 34.9 Å². The smallest absolute Gasteiger partial charge is 0.230 e. The van der Waals surface area contributed by atoms with Gasteiger partial charge < -0.3 is 26.3 Å². The lowest BCUT2D eigenvalue weighted by Crippen LogP contribution is -2.52. The zero-order chi connectivity index (χ0) is 23.2. The van der Waals surface area contributed by atoms with Gasteiger partial charge in [0.2, 0.25) is 12.4 Å². The fourth-order valence-corrected chi connectivity index (χ4v) is 4.73. The Morgan fingerprint density at radius 3 is 2.52 bits per heavy atom. The molecular weight excluding hydrogens is 418 g/mol. The van der Waals surface area contributed by atoms with Crippen LogP contribution < -0.4 is 21.3 Å². The van der Waals surface area contributed by atoms with Crippen LogP contribution in [0, 0.1) is 13.8 Å². The molecule has 2 aliphatic heterocycles. The molecule has 5 heterocycles. The third-order valence-corrected chi connectivity index (χ3v) is 6.40. The molecule has 1 amide bonds. The molecule has 0 saturated carbocycles. The third-order valence-electron chi connectivity index (χ3n) is 6.40. The Hall–Kier alpha value is -3.24. The van der Waals surface area contributed by atoms with Crippen LogP contribution >= 0.6 is 0 Å². The van der Waals surface area contributed by atoms with Gasteiger partial charge in [-0.3, -0.25) is 9.69 Å². The predicted molar refractivity (Wildman–Crippen MR) is 131 cm³/mol. The van der Waals surface area contributed by atoms with Crippen molar-refractivity contribution < 1.29 is 4.79 Å². The van der Waals surface area contributed by atoms with Gasteiger partial charge >= 0.3 is 0 Å². The normalized spacial score (nSPS) is 17.5. The van der Waals surface area contributed by atoms with Crippen LogP contribution in [0.5, 0.6) is 0 Å². The van der Waals surface area contributed by atoms with Crippen LogP contribution in [0.15, 0.2) is 24.5 Å². The molecule has 2 saturated heterocycles. The van der Waals surface area contributed by atoms with Gasteiger partial charge in [-0.1, -0.05) is 0 Å². The Morgan fingerprint density at radius 2 is 1.85 bits per heavy atom. The highest BCUT2D eigenvalue weighted by atomic mass is 16.1. The summed E-state index contributed by atoms with van der Waals surface area (Å²) in [5.41, 5.74) is 8.32. The zero-order valence-corrected chi connectivity index (χ0v) is 19.3. The number of aromatic amines is 1. The van der Waals surface area contributed by atoms with Crippen LogP contribution in [0.25, 0.3) is 11.0 Å². The van der Waals surface area contributed by atoms with Gasteiger partial charge in [0.25, 0.3) is 0 Å². The van der Waals surface area contributed by atoms with E-state index in [2.05, 4.69) is 59.1 Å². The number of nitrogens with one attached hydrogen (secondary N) is 3. The number of nitrogens with two attached hydrogens (primary N) is 1. The molecule has 2 fully saturated rings. The molecule has 176 valence electrons. The monoisotopic (exact) mass is 451 g/mol. The van der Waals surface area contributed by atoms with Crippen LogP contribution in [-0.2, 0) is 4.79 Å². The summed E-state index contributed by atoms with van der Waals surface area (Å²) in [5, 5.41) is 7.79. The molecule has 33 heavy (non-hydrogen) atoms. The molecular formula is C23H33N9O. The van der Waals surface area contributed by atoms with Crippen LogP contribution in [-0.4, -0.2) is 76.6 Å². The van der Waals surface area contributed by atoms with Gasteiger partial charge in [-0.2, -0.15) is 4.98 Å². The minimum Gasteiger partial charge on any atom is -0.372 e. The fourth-order valence-electron chi connectivity index (χ4n) is 4.73. The second-order valence-electron chi connectivity index (χ2n) is 8.49. The van der Waals surface area contributed by atoms with Gasteiger partial charge in [0.15, 0.2) is 0 Å². The Morgan fingerprint density at radius 1 is 1.12 bits per heavy atom. The minimum atomic E-state index is 0.250. The number of hydrogen-bond acceptors (Lipinski definition) is 8. The fraction of sp³-hybridized carbons (Fsp3) is 0.478. The van der Waals surface area contributed by atoms with Crippen molar-refractivity contribution in [2.45, 2.75) is 32.7 Å². The number of fused-ring (bicyclic) bond motifs is 1. The van der Waals surface area contributed by atoms with Crippen molar-refractivity contribution in [3.05, 3.63) is 35.8 Å². The van der Waals surface area contributed by atoms with E-state index < -0.39 is 0 Å². The van der Waals surface area contributed by atoms with Crippen molar-refractivity contribution in [2.24, 2.45) is 5.73 Å². The number of rotatable bonds is 4. The lowest BCUT2D eigenvalue weighted by molar-refractivity contribution is -0.106. The number of piperidine rings is 1. The molecule has 0 bridgehead atoms. The second-order valence-corrected chi connectivity index (χ2v) is 8.49. The summed E-state index contributed by atoms with van der Waals surface area (Å²) in [6.07, 6.45) is 6.72. The highest BCUT2D eigenvalue weighted by Crippen LogP contribution is 2.23. The van der Waals surface area contributed by atoms with Crippen molar-refractivity contribution in [2.75, 3.05) is 49.5 Å². The molecule has 10 nitrogen and oxygen atoms in total. The highest BCUT2D eigenvalue weighted by molar-refractivity contribution is 5.83. The molecule has 0 spiro atoms. The molecule has 0 unspecified atom stereocenters. The van der Waals surface area contributed by atoms with E-state index in [1.165, 1.54) is 18.5 Å². The Bertz CT molecular complexity index is 1050. The van der Waals surface area contributed by atoms with Gasteiger partial charge in [0.1, 0.15) is 11.5 Å². The van der Waals surface area contributed by atoms with E-state index in [0.717, 1.165) is 73.4 Å². The van der Waals surface area contributed by atoms with Crippen LogP contribution in [0.2, 0.25) is 0 Å². The standard InChI is InChI=1S/C22H30N8.CH3NO/c1-15-13-25-21-20(15)16(2)26-22(28-21)27-19-4-3-18(14-24-19)30-11-9-29(10-12-30)17-5-7-23-8-6-17;2-1-3/h3-4,13-14,17,23H,5-12H2,1-2H3,(H2,24,25,26,27,28);1H,(H2,2,3). The molecule has 0 atom stereocenters. The molecule has 5 N–H and O–H groups in total. The summed E-state index contributed by atoms with van der Waals surface area (Å²) < 4.78 is 0. The molecule has 10 heteroatoms. The number of aryl methyl sites for hydroxylation is 2. The van der Waals surface area contributed by atoms with Crippen LogP contribution in [0.3, 0.4) is 0 Å². The molecule has 0 aromatic carbocycles. The molecule has 2 aliphatic rings. The van der Waals surface area contributed by atoms with Crippen LogP contribution in [0.4, 0.5) is 17.5 Å². The first kappa shape index (κ1) is 22.9. The summed E-state index contributed by atoms with van der Waals surface area (Å²) in [5.74, 6) is 1.33. The average molecular weight is 452 g/mol. The van der Waals surface area contributed by atoms with E-state index in [1.54, 1.807) is 0 Å². The van der Waals surface area contributed by atoms with Gasteiger partial charge in [0, 0.05) is 43.8 Å². The van der Waals surface area contributed by atoms with E-state index in [0.29, 0.717) is 5.95 Å². The van der Waals surface area contributed by atoms with Gasteiger partial charge in [-0.25, -0.2) is 9.97 Å². The SMILES string of the molecule is Cc1c[nH]c2nc(Nc3ccc(N4CCN(C5CCNCC5)CC4)cn3)nc(C)c12.NC=O. The lowest BCUT2D eigenvalue weighted by atomic mass is 10.0. The Labute approximate surface area is 194 Å². The van der Waals surface area contributed by atoms with E-state index in [-0.39, 0.29) is 6.41 Å². The minimum absolute atomic E-state index is 0.250. The predicted octanol–water partition coefficient (Wildman–Crippen LogP) is 1.69. The maximum absolute atomic E-state index is 8.58. The Kier molecular flexibility index (Phi) is 7.36. The summed E-state index contributed by atoms with van der Waals surface area (Å²) in [6.45, 7) is 10.8. The summed E-state index contributed by atoms with van der Waals surface area (Å²) in [4.78, 5) is 30.7. The number of primary amides is 1. The summed E-state index contributed by atoms with van der Waals surface area (Å²) in [6, 6.07) is 4.90. The average Bonchev–Trinajstić information content (AvgIpc) is 3.22. The van der Waals surface area contributed by atoms with Crippen molar-refractivity contribution in [3.8, 4) is 0 Å². The van der Waals surface area contributed by atoms with E-state index in [1.807, 2.05) is 25.4 Å². The number of anilines is 3. The highest BCUT2D eigenvalue weighted by Gasteiger charge is 2.25. The summed E-state index contributed by atoms with van der Waals surface area (Å²) >= 11 is 0. The first-order chi connectivity index (χ1) is 16.1. The number of H-pyrrole nitrogens is 1. The number of aromatic nitrogens is 4. The topological polar surface area (TPSA) is 128 Å². The summed E-state index contributed by atoms with van der Waals surface area (Å²) in [7, 11) is 0. The van der Waals surface area contributed by atoms with Gasteiger partial charge in [-0.15, -0.1) is 0 Å². The third kappa shape index (κ3) is 5.40. The van der Waals surface area contributed by atoms with E-state index in [9.17, 15) is 0 Å². The lowest BCUT2D eigenvalue weighted by Gasteiger charge is -2.41. The van der Waals surface area contributed by atoms with E-state index in [4.69, 9.17) is 4.79 Å². The maximum atomic E-state index is 8.58. The molecule has 3 aromatic heterocycles. The van der Waals surface area contributed by atoms with E-state index >= 15 is 0 Å². The number of amides is 1. The van der Waals surface area contributed by atoms with Crippen LogP contribution in [0.1, 0.15) is 24.1 Å². The molecule has 0 aliphatic carbocycles. The van der Waals surface area contributed by atoms with Gasteiger partial charge in [0.05, 0.1) is 17.6 Å². The number of piperazine rings is 1. The zero-order valence-electron chi connectivity index (χ0n) is 19.3.